The van der Waals surface area contributed by atoms with Crippen LogP contribution in [0.2, 0.25) is 0 Å². The van der Waals surface area contributed by atoms with Crippen LogP contribution in [0.5, 0.6) is 0 Å². The van der Waals surface area contributed by atoms with E-state index in [4.69, 9.17) is 0 Å². The lowest BCUT2D eigenvalue weighted by Crippen LogP contribution is -2.34. The molecular weight excluding hydrogens is 356 g/mol. The monoisotopic (exact) mass is 385 g/mol. The van der Waals surface area contributed by atoms with E-state index in [0.29, 0.717) is 24.9 Å². The highest BCUT2D eigenvalue weighted by Crippen LogP contribution is 2.54. The number of hydrogen-bond acceptors (Lipinski definition) is 1. The third-order valence-electron chi connectivity index (χ3n) is 5.98. The fourth-order valence-electron chi connectivity index (χ4n) is 3.87. The van der Waals surface area contributed by atoms with Gasteiger partial charge in [-0.25, -0.2) is 8.78 Å². The van der Waals surface area contributed by atoms with Crippen molar-refractivity contribution in [1.82, 2.24) is 5.32 Å². The fourth-order valence-corrected chi connectivity index (χ4v) is 3.87. The second kappa shape index (κ2) is 7.65. The standard InChI is InChI=1S/C24H29F2NO/c1-16-14-24(16,20-11-10-19(25)13-21(20)26)15-27-22(28)12-7-17-5-8-18(9-6-17)23(2,3)4/h5-6,8-11,13,16H,7,12,14-15H2,1-4H3,(H,27,28). The van der Waals surface area contributed by atoms with Crippen molar-refractivity contribution in [2.45, 2.75) is 57.8 Å². The summed E-state index contributed by atoms with van der Waals surface area (Å²) >= 11 is 0. The lowest BCUT2D eigenvalue weighted by Gasteiger charge is -2.20. The number of aryl methyl sites for hydroxylation is 1. The molecule has 0 bridgehead atoms. The van der Waals surface area contributed by atoms with Gasteiger partial charge in [0.15, 0.2) is 0 Å². The van der Waals surface area contributed by atoms with Crippen molar-refractivity contribution in [3.63, 3.8) is 0 Å². The quantitative estimate of drug-likeness (QED) is 0.719. The van der Waals surface area contributed by atoms with E-state index in [1.54, 1.807) is 0 Å². The smallest absolute Gasteiger partial charge is 0.220 e. The van der Waals surface area contributed by atoms with Crippen molar-refractivity contribution in [3.05, 3.63) is 70.8 Å². The lowest BCUT2D eigenvalue weighted by molar-refractivity contribution is -0.121. The summed E-state index contributed by atoms with van der Waals surface area (Å²) in [5.41, 5.74) is 2.59. The summed E-state index contributed by atoms with van der Waals surface area (Å²) in [6, 6.07) is 12.1. The SMILES string of the molecule is CC1CC1(CNC(=O)CCc1ccc(C(C)(C)C)cc1)c1ccc(F)cc1F. The maximum atomic E-state index is 14.2. The Morgan fingerprint density at radius 1 is 1.14 bits per heavy atom. The van der Waals surface area contributed by atoms with Crippen molar-refractivity contribution >= 4 is 5.91 Å². The summed E-state index contributed by atoms with van der Waals surface area (Å²) in [5.74, 6) is -0.887. The molecule has 1 aliphatic carbocycles. The van der Waals surface area contributed by atoms with Crippen LogP contribution in [0.25, 0.3) is 0 Å². The molecule has 2 nitrogen and oxygen atoms in total. The molecule has 2 unspecified atom stereocenters. The molecule has 28 heavy (non-hydrogen) atoms. The topological polar surface area (TPSA) is 29.1 Å². The zero-order valence-electron chi connectivity index (χ0n) is 17.1. The zero-order valence-corrected chi connectivity index (χ0v) is 17.1. The largest absolute Gasteiger partial charge is 0.355 e. The van der Waals surface area contributed by atoms with Gasteiger partial charge in [0, 0.05) is 24.4 Å². The molecule has 0 aromatic heterocycles. The number of rotatable bonds is 6. The van der Waals surface area contributed by atoms with Gasteiger partial charge in [0.05, 0.1) is 0 Å². The Morgan fingerprint density at radius 2 is 1.79 bits per heavy atom. The second-order valence-corrected chi connectivity index (χ2v) is 9.11. The Balaban J connectivity index is 1.55. The molecule has 4 heteroatoms. The van der Waals surface area contributed by atoms with Gasteiger partial charge in [-0.3, -0.25) is 4.79 Å². The van der Waals surface area contributed by atoms with Crippen LogP contribution >= 0.6 is 0 Å². The molecule has 0 saturated heterocycles. The highest BCUT2D eigenvalue weighted by Gasteiger charge is 2.53. The number of benzene rings is 2. The van der Waals surface area contributed by atoms with E-state index >= 15 is 0 Å². The van der Waals surface area contributed by atoms with E-state index in [1.807, 2.05) is 6.92 Å². The number of carbonyl (C=O) groups excluding carboxylic acids is 1. The predicted molar refractivity (Wildman–Crippen MR) is 108 cm³/mol. The molecule has 1 N–H and O–H groups in total. The van der Waals surface area contributed by atoms with E-state index in [0.717, 1.165) is 18.1 Å². The average Bonchev–Trinajstić information content (AvgIpc) is 3.28. The van der Waals surface area contributed by atoms with Gasteiger partial charge in [-0.15, -0.1) is 0 Å². The van der Waals surface area contributed by atoms with Crippen molar-refractivity contribution < 1.29 is 13.6 Å². The summed E-state index contributed by atoms with van der Waals surface area (Å²) in [7, 11) is 0. The molecule has 0 radical (unpaired) electrons. The van der Waals surface area contributed by atoms with Gasteiger partial charge in [0.2, 0.25) is 5.91 Å². The van der Waals surface area contributed by atoms with Crippen molar-refractivity contribution in [2.24, 2.45) is 5.92 Å². The van der Waals surface area contributed by atoms with Gasteiger partial charge in [0.25, 0.3) is 0 Å². The van der Waals surface area contributed by atoms with E-state index in [1.165, 1.54) is 17.7 Å². The van der Waals surface area contributed by atoms with E-state index < -0.39 is 17.0 Å². The summed E-state index contributed by atoms with van der Waals surface area (Å²) in [4.78, 5) is 12.3. The van der Waals surface area contributed by atoms with Crippen LogP contribution in [0.4, 0.5) is 8.78 Å². The Kier molecular flexibility index (Phi) is 5.60. The molecule has 0 aliphatic heterocycles. The van der Waals surface area contributed by atoms with Gasteiger partial charge >= 0.3 is 0 Å². The maximum absolute atomic E-state index is 14.2. The molecule has 2 aromatic rings. The molecular formula is C24H29F2NO. The van der Waals surface area contributed by atoms with Crippen LogP contribution in [-0.2, 0) is 22.0 Å². The molecule has 2 atom stereocenters. The van der Waals surface area contributed by atoms with E-state index in [9.17, 15) is 13.6 Å². The molecule has 0 heterocycles. The predicted octanol–water partition coefficient (Wildman–Crippen LogP) is 5.29. The van der Waals surface area contributed by atoms with Gasteiger partial charge in [0.1, 0.15) is 11.6 Å². The van der Waals surface area contributed by atoms with Crippen molar-refractivity contribution in [3.8, 4) is 0 Å². The van der Waals surface area contributed by atoms with Gasteiger partial charge in [-0.2, -0.15) is 0 Å². The Morgan fingerprint density at radius 3 is 2.32 bits per heavy atom. The first-order valence-corrected chi connectivity index (χ1v) is 9.93. The number of halogens is 2. The maximum Gasteiger partial charge on any atom is 0.220 e. The van der Waals surface area contributed by atoms with Crippen molar-refractivity contribution in [1.29, 1.82) is 0 Å². The number of nitrogens with one attached hydrogen (secondary N) is 1. The summed E-state index contributed by atoms with van der Waals surface area (Å²) in [6.45, 7) is 8.95. The molecule has 1 fully saturated rings. The van der Waals surface area contributed by atoms with Crippen LogP contribution in [-0.4, -0.2) is 12.5 Å². The summed E-state index contributed by atoms with van der Waals surface area (Å²) in [5, 5.41) is 2.96. The zero-order chi connectivity index (χ0) is 20.5. The van der Waals surface area contributed by atoms with Crippen LogP contribution < -0.4 is 5.32 Å². The first-order valence-electron chi connectivity index (χ1n) is 9.93. The van der Waals surface area contributed by atoms with Gasteiger partial charge in [-0.05, 0) is 46.9 Å². The Hall–Kier alpha value is -2.23. The average molecular weight is 385 g/mol. The van der Waals surface area contributed by atoms with Crippen LogP contribution in [0.15, 0.2) is 42.5 Å². The second-order valence-electron chi connectivity index (χ2n) is 9.11. The molecule has 3 rings (SSSR count). The van der Waals surface area contributed by atoms with Gasteiger partial charge in [-0.1, -0.05) is 58.0 Å². The fraction of sp³-hybridized carbons (Fsp3) is 0.458. The number of amides is 1. The van der Waals surface area contributed by atoms with E-state index in [-0.39, 0.29) is 17.2 Å². The first-order chi connectivity index (χ1) is 13.1. The molecule has 150 valence electrons. The number of carbonyl (C=O) groups is 1. The highest BCUT2D eigenvalue weighted by molar-refractivity contribution is 5.76. The lowest BCUT2D eigenvalue weighted by atomic mass is 9.86. The molecule has 1 aliphatic rings. The normalized spacial score (nSPS) is 21.4. The minimum Gasteiger partial charge on any atom is -0.355 e. The van der Waals surface area contributed by atoms with Crippen LogP contribution in [0.3, 0.4) is 0 Å². The number of hydrogen-bond donors (Lipinski definition) is 1. The first kappa shape index (κ1) is 20.5. The third-order valence-corrected chi connectivity index (χ3v) is 5.98. The summed E-state index contributed by atoms with van der Waals surface area (Å²) in [6.07, 6.45) is 1.86. The summed E-state index contributed by atoms with van der Waals surface area (Å²) < 4.78 is 27.4. The van der Waals surface area contributed by atoms with Crippen LogP contribution in [0, 0.1) is 17.6 Å². The minimum absolute atomic E-state index is 0.0408. The minimum atomic E-state index is -0.578. The van der Waals surface area contributed by atoms with E-state index in [2.05, 4.69) is 50.4 Å². The Bertz CT molecular complexity index is 854. The van der Waals surface area contributed by atoms with Gasteiger partial charge < -0.3 is 5.32 Å². The van der Waals surface area contributed by atoms with Crippen LogP contribution in [0.1, 0.15) is 57.2 Å². The molecule has 1 amide bonds. The molecule has 1 saturated carbocycles. The highest BCUT2D eigenvalue weighted by atomic mass is 19.1. The molecule has 2 aromatic carbocycles. The van der Waals surface area contributed by atoms with Crippen molar-refractivity contribution in [2.75, 3.05) is 6.54 Å². The Labute approximate surface area is 166 Å². The third kappa shape index (κ3) is 4.43. The molecule has 0 spiro atoms.